The molecule has 0 saturated carbocycles. The maximum atomic E-state index is 12.6. The van der Waals surface area contributed by atoms with Gasteiger partial charge in [0.25, 0.3) is 0 Å². The van der Waals surface area contributed by atoms with Crippen LogP contribution in [-0.2, 0) is 11.2 Å². The Morgan fingerprint density at radius 3 is 2.68 bits per heavy atom. The third-order valence-electron chi connectivity index (χ3n) is 5.14. The average molecular weight is 429 g/mol. The van der Waals surface area contributed by atoms with Crippen LogP contribution in [0.2, 0.25) is 0 Å². The second-order valence-corrected chi connectivity index (χ2v) is 8.18. The van der Waals surface area contributed by atoms with Gasteiger partial charge in [-0.2, -0.15) is 0 Å². The minimum absolute atomic E-state index is 0.128. The van der Waals surface area contributed by atoms with E-state index in [9.17, 15) is 4.79 Å². The predicted octanol–water partition coefficient (Wildman–Crippen LogP) is 5.74. The Labute approximate surface area is 183 Å². The van der Waals surface area contributed by atoms with E-state index in [1.54, 1.807) is 0 Å². The summed E-state index contributed by atoms with van der Waals surface area (Å²) in [7, 11) is 0. The lowest BCUT2D eigenvalue weighted by Gasteiger charge is -2.00. The standard InChI is InChI=1S/C24H20N4O2S/c1-14-22(17-10-6-7-11-18(17)25-14)20-13-31-24(27-20)28-21(29)12-19-15(2)30-23(26-19)16-8-4-3-5-9-16/h3-11,13,25H,12H2,1-2H3,(H,27,28,29). The first-order valence-corrected chi connectivity index (χ1v) is 10.8. The number of amides is 1. The molecule has 5 rings (SSSR count). The molecule has 0 unspecified atom stereocenters. The zero-order valence-electron chi connectivity index (χ0n) is 17.1. The van der Waals surface area contributed by atoms with E-state index in [0.717, 1.165) is 33.4 Å². The van der Waals surface area contributed by atoms with Gasteiger partial charge in [0.1, 0.15) is 5.76 Å². The summed E-state index contributed by atoms with van der Waals surface area (Å²) in [6.45, 7) is 3.86. The molecule has 0 saturated heterocycles. The van der Waals surface area contributed by atoms with E-state index in [4.69, 9.17) is 4.42 Å². The van der Waals surface area contributed by atoms with Gasteiger partial charge in [0.2, 0.25) is 11.8 Å². The summed E-state index contributed by atoms with van der Waals surface area (Å²) in [6, 6.07) is 17.8. The van der Waals surface area contributed by atoms with E-state index < -0.39 is 0 Å². The number of nitrogens with zero attached hydrogens (tertiary/aromatic N) is 2. The number of hydrogen-bond donors (Lipinski definition) is 2. The van der Waals surface area contributed by atoms with E-state index in [-0.39, 0.29) is 12.3 Å². The molecule has 0 aliphatic carbocycles. The topological polar surface area (TPSA) is 83.8 Å². The molecular formula is C24H20N4O2S. The van der Waals surface area contributed by atoms with Crippen molar-refractivity contribution in [3.05, 3.63) is 77.1 Å². The molecule has 2 N–H and O–H groups in total. The Morgan fingerprint density at radius 1 is 1.06 bits per heavy atom. The Balaban J connectivity index is 1.33. The Kier molecular flexibility index (Phi) is 4.88. The third-order valence-corrected chi connectivity index (χ3v) is 5.90. The van der Waals surface area contributed by atoms with Crippen LogP contribution >= 0.6 is 11.3 Å². The number of oxazole rings is 1. The smallest absolute Gasteiger partial charge is 0.232 e. The number of rotatable bonds is 5. The van der Waals surface area contributed by atoms with Crippen LogP contribution in [0.5, 0.6) is 0 Å². The lowest BCUT2D eigenvalue weighted by molar-refractivity contribution is -0.115. The fourth-order valence-corrected chi connectivity index (χ4v) is 4.38. The normalized spacial score (nSPS) is 11.2. The Morgan fingerprint density at radius 2 is 1.84 bits per heavy atom. The van der Waals surface area contributed by atoms with Crippen molar-refractivity contribution in [1.82, 2.24) is 15.0 Å². The molecule has 0 radical (unpaired) electrons. The van der Waals surface area contributed by atoms with Crippen LogP contribution in [0, 0.1) is 13.8 Å². The van der Waals surface area contributed by atoms with Crippen LogP contribution in [0.1, 0.15) is 17.1 Å². The number of anilines is 1. The van der Waals surface area contributed by atoms with Gasteiger partial charge in [-0.05, 0) is 32.0 Å². The predicted molar refractivity (Wildman–Crippen MR) is 123 cm³/mol. The molecule has 3 aromatic heterocycles. The van der Waals surface area contributed by atoms with Gasteiger partial charge in [0.15, 0.2) is 5.13 Å². The van der Waals surface area contributed by atoms with Gasteiger partial charge in [-0.1, -0.05) is 36.4 Å². The molecule has 1 amide bonds. The number of fused-ring (bicyclic) bond motifs is 1. The highest BCUT2D eigenvalue weighted by molar-refractivity contribution is 7.14. The first-order chi connectivity index (χ1) is 15.1. The molecule has 0 aliphatic heterocycles. The van der Waals surface area contributed by atoms with Crippen LogP contribution in [0.3, 0.4) is 0 Å². The van der Waals surface area contributed by atoms with Crippen LogP contribution in [0.25, 0.3) is 33.6 Å². The Hall–Kier alpha value is -3.71. The summed E-state index contributed by atoms with van der Waals surface area (Å²) < 4.78 is 5.75. The Bertz CT molecular complexity index is 1380. The van der Waals surface area contributed by atoms with Crippen LogP contribution < -0.4 is 5.32 Å². The number of para-hydroxylation sites is 1. The van der Waals surface area contributed by atoms with Gasteiger partial charge in [-0.15, -0.1) is 11.3 Å². The van der Waals surface area contributed by atoms with Crippen LogP contribution in [0.15, 0.2) is 64.4 Å². The van der Waals surface area contributed by atoms with Gasteiger partial charge in [0.05, 0.1) is 17.8 Å². The summed E-state index contributed by atoms with van der Waals surface area (Å²) in [5.41, 5.74) is 5.54. The number of hydrogen-bond acceptors (Lipinski definition) is 5. The summed E-state index contributed by atoms with van der Waals surface area (Å²) in [4.78, 5) is 25.2. The van der Waals surface area contributed by atoms with Crippen molar-refractivity contribution in [1.29, 1.82) is 0 Å². The third kappa shape index (κ3) is 3.75. The minimum atomic E-state index is -0.174. The lowest BCUT2D eigenvalue weighted by Crippen LogP contribution is -2.15. The van der Waals surface area contributed by atoms with Gasteiger partial charge in [0, 0.05) is 33.1 Å². The number of thiazole rings is 1. The van der Waals surface area contributed by atoms with Crippen molar-refractivity contribution >= 4 is 33.3 Å². The van der Waals surface area contributed by atoms with Gasteiger partial charge in [-0.25, -0.2) is 9.97 Å². The molecule has 0 aliphatic rings. The minimum Gasteiger partial charge on any atom is -0.441 e. The average Bonchev–Trinajstić information content (AvgIpc) is 3.45. The summed E-state index contributed by atoms with van der Waals surface area (Å²) in [5, 5.41) is 6.54. The van der Waals surface area contributed by atoms with Crippen molar-refractivity contribution in [2.24, 2.45) is 0 Å². The fraction of sp³-hybridized carbons (Fsp3) is 0.125. The SMILES string of the molecule is Cc1[nH]c2ccccc2c1-c1csc(NC(=O)Cc2nc(-c3ccccc3)oc2C)n1. The van der Waals surface area contributed by atoms with Gasteiger partial charge in [-0.3, -0.25) is 4.79 Å². The van der Waals surface area contributed by atoms with E-state index >= 15 is 0 Å². The van der Waals surface area contributed by atoms with Crippen molar-refractivity contribution in [2.45, 2.75) is 20.3 Å². The molecule has 5 aromatic rings. The van der Waals surface area contributed by atoms with Crippen molar-refractivity contribution in [2.75, 3.05) is 5.32 Å². The lowest BCUT2D eigenvalue weighted by atomic mass is 10.1. The molecule has 154 valence electrons. The molecule has 3 heterocycles. The highest BCUT2D eigenvalue weighted by Crippen LogP contribution is 2.34. The number of carbonyl (C=O) groups is 1. The number of H-pyrrole nitrogens is 1. The van der Waals surface area contributed by atoms with E-state index in [0.29, 0.717) is 22.5 Å². The van der Waals surface area contributed by atoms with Crippen molar-refractivity contribution < 1.29 is 9.21 Å². The van der Waals surface area contributed by atoms with Gasteiger partial charge >= 0.3 is 0 Å². The zero-order chi connectivity index (χ0) is 21.4. The van der Waals surface area contributed by atoms with Gasteiger partial charge < -0.3 is 14.7 Å². The highest BCUT2D eigenvalue weighted by Gasteiger charge is 2.17. The quantitative estimate of drug-likeness (QED) is 0.374. The summed E-state index contributed by atoms with van der Waals surface area (Å²) in [5.74, 6) is 0.989. The maximum Gasteiger partial charge on any atom is 0.232 e. The fourth-order valence-electron chi connectivity index (χ4n) is 3.66. The summed E-state index contributed by atoms with van der Waals surface area (Å²) in [6.07, 6.45) is 0.128. The van der Waals surface area contributed by atoms with Crippen LogP contribution in [-0.4, -0.2) is 20.9 Å². The molecular weight excluding hydrogens is 408 g/mol. The molecule has 7 heteroatoms. The highest BCUT2D eigenvalue weighted by atomic mass is 32.1. The second-order valence-electron chi connectivity index (χ2n) is 7.32. The number of aryl methyl sites for hydroxylation is 2. The molecule has 0 bridgehead atoms. The number of benzene rings is 2. The first-order valence-electron chi connectivity index (χ1n) is 9.93. The molecule has 31 heavy (non-hydrogen) atoms. The molecule has 0 atom stereocenters. The largest absolute Gasteiger partial charge is 0.441 e. The van der Waals surface area contributed by atoms with E-state index in [1.807, 2.05) is 67.8 Å². The molecule has 0 fully saturated rings. The monoisotopic (exact) mass is 428 g/mol. The van der Waals surface area contributed by atoms with Crippen molar-refractivity contribution in [3.8, 4) is 22.7 Å². The zero-order valence-corrected chi connectivity index (χ0v) is 17.9. The first kappa shape index (κ1) is 19.3. The van der Waals surface area contributed by atoms with Crippen LogP contribution in [0.4, 0.5) is 5.13 Å². The molecule has 6 nitrogen and oxygen atoms in total. The van der Waals surface area contributed by atoms with E-state index in [1.165, 1.54) is 11.3 Å². The number of aromatic nitrogens is 3. The second kappa shape index (κ2) is 7.85. The number of nitrogens with one attached hydrogen (secondary N) is 2. The van der Waals surface area contributed by atoms with E-state index in [2.05, 4.69) is 26.3 Å². The summed E-state index contributed by atoms with van der Waals surface area (Å²) >= 11 is 1.41. The number of carbonyl (C=O) groups excluding carboxylic acids is 1. The molecule has 0 spiro atoms. The molecule has 2 aromatic carbocycles. The number of aromatic amines is 1. The maximum absolute atomic E-state index is 12.6. The van der Waals surface area contributed by atoms with Crippen molar-refractivity contribution in [3.63, 3.8) is 0 Å².